The molecule has 1 heterocycles. The quantitative estimate of drug-likeness (QED) is 0.849. The third-order valence-corrected chi connectivity index (χ3v) is 5.86. The van der Waals surface area contributed by atoms with Crippen LogP contribution in [0.5, 0.6) is 0 Å². The summed E-state index contributed by atoms with van der Waals surface area (Å²) in [6.45, 7) is 3.67. The Morgan fingerprint density at radius 2 is 1.85 bits per heavy atom. The van der Waals surface area contributed by atoms with Crippen LogP contribution in [0.3, 0.4) is 0 Å². The van der Waals surface area contributed by atoms with Gasteiger partial charge in [0.25, 0.3) is 0 Å². The van der Waals surface area contributed by atoms with E-state index in [-0.39, 0.29) is 16.0 Å². The molecule has 108 valence electrons. The Kier molecular flexibility index (Phi) is 4.66. The van der Waals surface area contributed by atoms with Gasteiger partial charge in [0.15, 0.2) is 0 Å². The molecular weight excluding hydrogens is 298 g/mol. The summed E-state index contributed by atoms with van der Waals surface area (Å²) in [6.07, 6.45) is 0. The normalized spacial score (nSPS) is 19.4. The average Bonchev–Trinajstić information content (AvgIpc) is 2.47. The number of hydrogen-bond acceptors (Lipinski definition) is 4. The summed E-state index contributed by atoms with van der Waals surface area (Å²) in [5.74, 6) is 0. The predicted octanol–water partition coefficient (Wildman–Crippen LogP) is 1.56. The van der Waals surface area contributed by atoms with Crippen molar-refractivity contribution in [3.05, 3.63) is 29.3 Å². The first-order valence-corrected chi connectivity index (χ1v) is 8.17. The maximum Gasteiger partial charge on any atom is 0.244 e. The van der Waals surface area contributed by atoms with Crippen molar-refractivity contribution in [1.82, 2.24) is 9.21 Å². The molecule has 2 rings (SSSR count). The number of hydrogen-bond donors (Lipinski definition) is 0. The van der Waals surface area contributed by atoms with Gasteiger partial charge in [0.2, 0.25) is 10.0 Å². The van der Waals surface area contributed by atoms with Gasteiger partial charge in [-0.25, -0.2) is 8.42 Å². The smallest absolute Gasteiger partial charge is 0.244 e. The van der Waals surface area contributed by atoms with Crippen molar-refractivity contribution in [2.24, 2.45) is 0 Å². The van der Waals surface area contributed by atoms with Crippen LogP contribution in [-0.4, -0.2) is 49.8 Å². The molecule has 5 nitrogen and oxygen atoms in total. The number of piperazine rings is 1. The summed E-state index contributed by atoms with van der Waals surface area (Å²) >= 11 is 5.97. The van der Waals surface area contributed by atoms with Crippen LogP contribution in [0, 0.1) is 11.3 Å². The largest absolute Gasteiger partial charge is 0.286 e. The Bertz CT molecular complexity index is 619. The van der Waals surface area contributed by atoms with E-state index in [9.17, 15) is 8.42 Å². The molecule has 1 unspecified atom stereocenters. The van der Waals surface area contributed by atoms with Crippen LogP contribution in [0.4, 0.5) is 0 Å². The second kappa shape index (κ2) is 6.10. The molecule has 0 radical (unpaired) electrons. The Morgan fingerprint density at radius 3 is 2.40 bits per heavy atom. The van der Waals surface area contributed by atoms with Crippen LogP contribution < -0.4 is 0 Å². The molecule has 7 heteroatoms. The van der Waals surface area contributed by atoms with E-state index < -0.39 is 10.0 Å². The van der Waals surface area contributed by atoms with E-state index >= 15 is 0 Å². The topological polar surface area (TPSA) is 64.4 Å². The van der Waals surface area contributed by atoms with Crippen molar-refractivity contribution in [2.75, 3.05) is 26.2 Å². The number of rotatable bonds is 3. The molecule has 0 aromatic heterocycles. The van der Waals surface area contributed by atoms with E-state index in [2.05, 4.69) is 6.07 Å². The Balaban J connectivity index is 2.15. The average molecular weight is 314 g/mol. The summed E-state index contributed by atoms with van der Waals surface area (Å²) in [5.41, 5.74) is 0. The van der Waals surface area contributed by atoms with E-state index in [0.717, 1.165) is 0 Å². The molecule has 20 heavy (non-hydrogen) atoms. The van der Waals surface area contributed by atoms with Gasteiger partial charge in [-0.2, -0.15) is 9.57 Å². The lowest BCUT2D eigenvalue weighted by molar-refractivity contribution is 0.169. The highest BCUT2D eigenvalue weighted by molar-refractivity contribution is 7.89. The maximum absolute atomic E-state index is 12.5. The summed E-state index contributed by atoms with van der Waals surface area (Å²) in [6, 6.07) is 8.42. The summed E-state index contributed by atoms with van der Waals surface area (Å²) < 4.78 is 26.4. The number of benzene rings is 1. The highest BCUT2D eigenvalue weighted by Gasteiger charge is 2.30. The van der Waals surface area contributed by atoms with Crippen molar-refractivity contribution >= 4 is 21.6 Å². The van der Waals surface area contributed by atoms with E-state index in [1.165, 1.54) is 10.4 Å². The molecule has 0 N–H and O–H groups in total. The van der Waals surface area contributed by atoms with Crippen LogP contribution in [0.25, 0.3) is 0 Å². The fourth-order valence-corrected chi connectivity index (χ4v) is 4.12. The van der Waals surface area contributed by atoms with Gasteiger partial charge >= 0.3 is 0 Å². The second-order valence-corrected chi connectivity index (χ2v) is 6.99. The Morgan fingerprint density at radius 1 is 1.25 bits per heavy atom. The molecule has 0 saturated carbocycles. The molecule has 0 aliphatic carbocycles. The number of nitrogens with zero attached hydrogens (tertiary/aromatic N) is 3. The van der Waals surface area contributed by atoms with Crippen LogP contribution in [-0.2, 0) is 10.0 Å². The first-order chi connectivity index (χ1) is 9.46. The van der Waals surface area contributed by atoms with Crippen LogP contribution in [0.2, 0.25) is 5.02 Å². The highest BCUT2D eigenvalue weighted by atomic mass is 35.5. The molecule has 1 aliphatic rings. The van der Waals surface area contributed by atoms with E-state index in [1.807, 2.05) is 11.8 Å². The van der Waals surface area contributed by atoms with Crippen molar-refractivity contribution in [2.45, 2.75) is 17.9 Å². The van der Waals surface area contributed by atoms with E-state index in [0.29, 0.717) is 26.2 Å². The molecule has 0 bridgehead atoms. The minimum Gasteiger partial charge on any atom is -0.286 e. The summed E-state index contributed by atoms with van der Waals surface area (Å²) in [7, 11) is -3.56. The molecule has 1 aliphatic heterocycles. The Hall–Kier alpha value is -1.13. The van der Waals surface area contributed by atoms with Crippen molar-refractivity contribution in [3.8, 4) is 6.07 Å². The highest BCUT2D eigenvalue weighted by Crippen LogP contribution is 2.25. The monoisotopic (exact) mass is 313 g/mol. The van der Waals surface area contributed by atoms with Crippen LogP contribution >= 0.6 is 11.6 Å². The first kappa shape index (κ1) is 15.3. The molecular formula is C13H16ClN3O2S. The molecule has 1 aromatic rings. The predicted molar refractivity (Wildman–Crippen MR) is 76.9 cm³/mol. The van der Waals surface area contributed by atoms with Crippen LogP contribution in [0.15, 0.2) is 29.2 Å². The zero-order valence-electron chi connectivity index (χ0n) is 11.2. The Labute approximate surface area is 124 Å². The van der Waals surface area contributed by atoms with Gasteiger partial charge in [0.05, 0.1) is 17.1 Å². The summed E-state index contributed by atoms with van der Waals surface area (Å²) in [4.78, 5) is 2.11. The lowest BCUT2D eigenvalue weighted by Gasteiger charge is -2.35. The van der Waals surface area contributed by atoms with Gasteiger partial charge in [-0.05, 0) is 19.1 Å². The summed E-state index contributed by atoms with van der Waals surface area (Å²) in [5, 5.41) is 9.12. The molecule has 1 atom stereocenters. The van der Waals surface area contributed by atoms with Gasteiger partial charge in [0, 0.05) is 26.2 Å². The minimum absolute atomic E-state index is 0.142. The van der Waals surface area contributed by atoms with E-state index in [1.54, 1.807) is 18.2 Å². The zero-order chi connectivity index (χ0) is 14.8. The third-order valence-electron chi connectivity index (χ3n) is 3.46. The van der Waals surface area contributed by atoms with Gasteiger partial charge in [-0.3, -0.25) is 4.90 Å². The number of sulfonamides is 1. The number of nitriles is 1. The molecule has 1 saturated heterocycles. The number of halogens is 1. The van der Waals surface area contributed by atoms with Gasteiger partial charge in [-0.1, -0.05) is 23.7 Å². The zero-order valence-corrected chi connectivity index (χ0v) is 12.7. The lowest BCUT2D eigenvalue weighted by Crippen LogP contribution is -2.50. The van der Waals surface area contributed by atoms with Gasteiger partial charge in [-0.15, -0.1) is 0 Å². The van der Waals surface area contributed by atoms with Crippen molar-refractivity contribution in [3.63, 3.8) is 0 Å². The molecule has 1 aromatic carbocycles. The SMILES string of the molecule is CC(C#N)N1CCN(S(=O)(=O)c2ccccc2Cl)CC1. The third kappa shape index (κ3) is 2.96. The molecule has 1 fully saturated rings. The van der Waals surface area contributed by atoms with Crippen LogP contribution in [0.1, 0.15) is 6.92 Å². The molecule has 0 spiro atoms. The van der Waals surface area contributed by atoms with E-state index in [4.69, 9.17) is 16.9 Å². The van der Waals surface area contributed by atoms with Gasteiger partial charge in [0.1, 0.15) is 4.90 Å². The lowest BCUT2D eigenvalue weighted by atomic mass is 10.2. The standard InChI is InChI=1S/C13H16ClN3O2S/c1-11(10-15)16-6-8-17(9-7-16)20(18,19)13-5-3-2-4-12(13)14/h2-5,11H,6-9H2,1H3. The second-order valence-electron chi connectivity index (χ2n) is 4.68. The van der Waals surface area contributed by atoms with Gasteiger partial charge < -0.3 is 0 Å². The van der Waals surface area contributed by atoms with Crippen molar-refractivity contribution in [1.29, 1.82) is 5.26 Å². The molecule has 0 amide bonds. The van der Waals surface area contributed by atoms with Crippen molar-refractivity contribution < 1.29 is 8.42 Å². The fraction of sp³-hybridized carbons (Fsp3) is 0.462. The fourth-order valence-electron chi connectivity index (χ4n) is 2.21. The minimum atomic E-state index is -3.56. The first-order valence-electron chi connectivity index (χ1n) is 6.35. The maximum atomic E-state index is 12.5.